The minimum Gasteiger partial charge on any atom is -0.251 e. The normalized spacial score (nSPS) is 13.0. The van der Waals surface area contributed by atoms with Crippen LogP contribution in [0.25, 0.3) is 0 Å². The average Bonchev–Trinajstić information content (AvgIpc) is 2.99. The van der Waals surface area contributed by atoms with E-state index in [0.29, 0.717) is 6.54 Å². The van der Waals surface area contributed by atoms with Gasteiger partial charge in [-0.25, -0.2) is 13.1 Å². The Labute approximate surface area is 129 Å². The molecule has 0 amide bonds. The number of nitrogens with one attached hydrogen (secondary N) is 1. The number of benzene rings is 1. The number of nitrogens with zero attached hydrogens (tertiary/aromatic N) is 4. The van der Waals surface area contributed by atoms with Crippen molar-refractivity contribution < 1.29 is 8.42 Å². The lowest BCUT2D eigenvalue weighted by Crippen LogP contribution is -2.41. The van der Waals surface area contributed by atoms with Gasteiger partial charge in [0, 0.05) is 12.2 Å². The van der Waals surface area contributed by atoms with Gasteiger partial charge in [-0.1, -0.05) is 31.2 Å². The Morgan fingerprint density at radius 3 is 2.68 bits per heavy atom. The zero-order valence-corrected chi connectivity index (χ0v) is 13.2. The largest absolute Gasteiger partial charge is 0.251 e. The molecule has 0 radical (unpaired) electrons. The van der Waals surface area contributed by atoms with E-state index < -0.39 is 10.0 Å². The van der Waals surface area contributed by atoms with Gasteiger partial charge in [0.25, 0.3) is 0 Å². The van der Waals surface area contributed by atoms with Crippen LogP contribution in [-0.2, 0) is 16.6 Å². The number of nitriles is 1. The zero-order valence-electron chi connectivity index (χ0n) is 12.3. The van der Waals surface area contributed by atoms with Crippen LogP contribution in [0, 0.1) is 17.2 Å². The summed E-state index contributed by atoms with van der Waals surface area (Å²) in [5, 5.41) is 16.6. The topological polar surface area (TPSA) is 101 Å². The van der Waals surface area contributed by atoms with Gasteiger partial charge in [-0.15, -0.1) is 5.10 Å². The number of hydrogen-bond acceptors (Lipinski definition) is 5. The molecule has 0 fully saturated rings. The fraction of sp³-hybridized carbons (Fsp3) is 0.357. The first-order chi connectivity index (χ1) is 10.4. The van der Waals surface area contributed by atoms with E-state index in [0.717, 1.165) is 0 Å². The third-order valence-corrected chi connectivity index (χ3v) is 4.81. The Kier molecular flexibility index (Phi) is 4.90. The Hall–Kier alpha value is -2.24. The summed E-state index contributed by atoms with van der Waals surface area (Å²) in [5.41, 5.74) is 0.123. The molecular weight excluding hydrogens is 302 g/mol. The summed E-state index contributed by atoms with van der Waals surface area (Å²) in [6, 6.07) is 7.67. The Morgan fingerprint density at radius 2 is 2.09 bits per heavy atom. The van der Waals surface area contributed by atoms with Crippen molar-refractivity contribution in [3.05, 3.63) is 42.2 Å². The number of rotatable bonds is 6. The zero-order chi connectivity index (χ0) is 16.2. The highest BCUT2D eigenvalue weighted by Gasteiger charge is 2.25. The smallest absolute Gasteiger partial charge is 0.242 e. The Bertz CT molecular complexity index is 763. The van der Waals surface area contributed by atoms with Gasteiger partial charge in [0.15, 0.2) is 0 Å². The Morgan fingerprint density at radius 1 is 1.36 bits per heavy atom. The van der Waals surface area contributed by atoms with Crippen molar-refractivity contribution in [2.45, 2.75) is 31.3 Å². The fourth-order valence-corrected chi connectivity index (χ4v) is 3.51. The van der Waals surface area contributed by atoms with Crippen LogP contribution in [-0.4, -0.2) is 29.5 Å². The maximum atomic E-state index is 12.5. The van der Waals surface area contributed by atoms with E-state index in [1.54, 1.807) is 23.0 Å². The van der Waals surface area contributed by atoms with Crippen LogP contribution in [0.1, 0.15) is 19.4 Å². The van der Waals surface area contributed by atoms with Crippen molar-refractivity contribution in [1.82, 2.24) is 19.7 Å². The van der Waals surface area contributed by atoms with Crippen LogP contribution in [0.3, 0.4) is 0 Å². The number of aromatic nitrogens is 3. The average molecular weight is 319 g/mol. The molecule has 8 heteroatoms. The summed E-state index contributed by atoms with van der Waals surface area (Å²) < 4.78 is 29.3. The second-order valence-electron chi connectivity index (χ2n) is 5.20. The SMILES string of the molecule is CC(C)C(Cn1ccnn1)NS(=O)(=O)c1ccccc1C#N. The monoisotopic (exact) mass is 319 g/mol. The van der Waals surface area contributed by atoms with Gasteiger partial charge in [-0.3, -0.25) is 4.68 Å². The van der Waals surface area contributed by atoms with Crippen LogP contribution < -0.4 is 4.72 Å². The summed E-state index contributed by atoms with van der Waals surface area (Å²) in [6.07, 6.45) is 3.21. The quantitative estimate of drug-likeness (QED) is 0.861. The van der Waals surface area contributed by atoms with Crippen LogP contribution in [0.4, 0.5) is 0 Å². The first-order valence-corrected chi connectivity index (χ1v) is 8.28. The van der Waals surface area contributed by atoms with Crippen molar-refractivity contribution >= 4 is 10.0 Å². The molecule has 1 atom stereocenters. The van der Waals surface area contributed by atoms with Crippen LogP contribution >= 0.6 is 0 Å². The summed E-state index contributed by atoms with van der Waals surface area (Å²) in [5.74, 6) is 0.0493. The van der Waals surface area contributed by atoms with E-state index in [2.05, 4.69) is 15.0 Å². The molecule has 0 aliphatic carbocycles. The second-order valence-corrected chi connectivity index (χ2v) is 6.89. The summed E-state index contributed by atoms with van der Waals surface area (Å²) >= 11 is 0. The van der Waals surface area contributed by atoms with Crippen molar-refractivity contribution in [2.75, 3.05) is 0 Å². The molecule has 0 aliphatic heterocycles. The molecule has 1 N–H and O–H groups in total. The molecule has 0 saturated heterocycles. The highest BCUT2D eigenvalue weighted by Crippen LogP contribution is 2.16. The van der Waals surface area contributed by atoms with Gasteiger partial charge < -0.3 is 0 Å². The highest BCUT2D eigenvalue weighted by atomic mass is 32.2. The minimum absolute atomic E-state index is 0.0123. The first kappa shape index (κ1) is 16.1. The van der Waals surface area contributed by atoms with Gasteiger partial charge in [-0.05, 0) is 18.1 Å². The fourth-order valence-electron chi connectivity index (χ4n) is 1.97. The molecule has 2 aromatic rings. The molecule has 0 spiro atoms. The molecular formula is C14H17N5O2S. The van der Waals surface area contributed by atoms with Crippen molar-refractivity contribution in [3.8, 4) is 6.07 Å². The lowest BCUT2D eigenvalue weighted by molar-refractivity contribution is 0.378. The molecule has 116 valence electrons. The van der Waals surface area contributed by atoms with E-state index in [1.165, 1.54) is 18.3 Å². The molecule has 1 aromatic heterocycles. The molecule has 7 nitrogen and oxygen atoms in total. The van der Waals surface area contributed by atoms with Gasteiger partial charge in [-0.2, -0.15) is 5.26 Å². The molecule has 1 aromatic carbocycles. The van der Waals surface area contributed by atoms with Crippen LogP contribution in [0.2, 0.25) is 0 Å². The maximum Gasteiger partial charge on any atom is 0.242 e. The molecule has 0 saturated carbocycles. The summed E-state index contributed by atoms with van der Waals surface area (Å²) in [7, 11) is -3.78. The standard InChI is InChI=1S/C14H17N5O2S/c1-11(2)13(10-19-8-7-16-18-19)17-22(20,21)14-6-4-3-5-12(14)9-15/h3-8,11,13,17H,10H2,1-2H3. The lowest BCUT2D eigenvalue weighted by Gasteiger charge is -2.22. The molecule has 1 unspecified atom stereocenters. The van der Waals surface area contributed by atoms with Crippen LogP contribution in [0.15, 0.2) is 41.6 Å². The number of sulfonamides is 1. The van der Waals surface area contributed by atoms with E-state index in [1.807, 2.05) is 19.9 Å². The van der Waals surface area contributed by atoms with Crippen LogP contribution in [0.5, 0.6) is 0 Å². The van der Waals surface area contributed by atoms with Crippen molar-refractivity contribution in [1.29, 1.82) is 5.26 Å². The molecule has 2 rings (SSSR count). The van der Waals surface area contributed by atoms with Gasteiger partial charge in [0.1, 0.15) is 6.07 Å². The van der Waals surface area contributed by atoms with E-state index >= 15 is 0 Å². The molecule has 0 bridgehead atoms. The van der Waals surface area contributed by atoms with Crippen molar-refractivity contribution in [3.63, 3.8) is 0 Å². The van der Waals surface area contributed by atoms with Gasteiger partial charge in [0.2, 0.25) is 10.0 Å². The first-order valence-electron chi connectivity index (χ1n) is 6.79. The third kappa shape index (κ3) is 3.69. The molecule has 22 heavy (non-hydrogen) atoms. The van der Waals surface area contributed by atoms with E-state index in [9.17, 15) is 8.42 Å². The lowest BCUT2D eigenvalue weighted by atomic mass is 10.1. The summed E-state index contributed by atoms with van der Waals surface area (Å²) in [4.78, 5) is -0.0123. The number of hydrogen-bond donors (Lipinski definition) is 1. The second kappa shape index (κ2) is 6.68. The minimum atomic E-state index is -3.78. The van der Waals surface area contributed by atoms with Gasteiger partial charge in [0.05, 0.1) is 23.2 Å². The predicted molar refractivity (Wildman–Crippen MR) is 80.1 cm³/mol. The maximum absolute atomic E-state index is 12.5. The van der Waals surface area contributed by atoms with Crippen molar-refractivity contribution in [2.24, 2.45) is 5.92 Å². The van der Waals surface area contributed by atoms with E-state index in [-0.39, 0.29) is 22.4 Å². The van der Waals surface area contributed by atoms with Gasteiger partial charge >= 0.3 is 0 Å². The predicted octanol–water partition coefficient (Wildman–Crippen LogP) is 1.15. The molecule has 0 aliphatic rings. The summed E-state index contributed by atoms with van der Waals surface area (Å²) in [6.45, 7) is 4.20. The highest BCUT2D eigenvalue weighted by molar-refractivity contribution is 7.89. The third-order valence-electron chi connectivity index (χ3n) is 3.26. The Balaban J connectivity index is 2.27. The molecule has 1 heterocycles. The van der Waals surface area contributed by atoms with E-state index in [4.69, 9.17) is 5.26 Å².